The van der Waals surface area contributed by atoms with E-state index in [9.17, 15) is 4.79 Å². The van der Waals surface area contributed by atoms with Gasteiger partial charge in [-0.2, -0.15) is 0 Å². The standard InChI is InChI=1S/C19H30O3/c1-3-5-7-9-15-21-18-13-11-17(12-14-18)19(20)22-16-10-8-6-4-2/h11-14H,3-10,15-16H2,1-2H3. The summed E-state index contributed by atoms with van der Waals surface area (Å²) < 4.78 is 10.9. The van der Waals surface area contributed by atoms with E-state index in [4.69, 9.17) is 9.47 Å². The van der Waals surface area contributed by atoms with Crippen molar-refractivity contribution in [2.24, 2.45) is 0 Å². The Morgan fingerprint density at radius 2 is 1.41 bits per heavy atom. The van der Waals surface area contributed by atoms with Crippen molar-refractivity contribution in [2.45, 2.75) is 65.2 Å². The zero-order chi connectivity index (χ0) is 16.0. The highest BCUT2D eigenvalue weighted by Crippen LogP contribution is 2.14. The molecule has 0 amide bonds. The summed E-state index contributed by atoms with van der Waals surface area (Å²) in [7, 11) is 0. The van der Waals surface area contributed by atoms with Crippen molar-refractivity contribution in [3.8, 4) is 5.75 Å². The van der Waals surface area contributed by atoms with E-state index in [2.05, 4.69) is 13.8 Å². The molecule has 0 atom stereocenters. The largest absolute Gasteiger partial charge is 0.494 e. The van der Waals surface area contributed by atoms with E-state index in [0.29, 0.717) is 12.2 Å². The molecule has 0 heterocycles. The smallest absolute Gasteiger partial charge is 0.338 e. The quantitative estimate of drug-likeness (QED) is 0.384. The predicted molar refractivity (Wildman–Crippen MR) is 90.5 cm³/mol. The molecule has 1 aromatic rings. The van der Waals surface area contributed by atoms with Crippen molar-refractivity contribution in [3.05, 3.63) is 29.8 Å². The van der Waals surface area contributed by atoms with Crippen LogP contribution in [-0.2, 0) is 4.74 Å². The third kappa shape index (κ3) is 8.06. The Morgan fingerprint density at radius 1 is 0.818 bits per heavy atom. The maximum Gasteiger partial charge on any atom is 0.338 e. The van der Waals surface area contributed by atoms with Crippen LogP contribution in [0.5, 0.6) is 5.75 Å². The van der Waals surface area contributed by atoms with Crippen LogP contribution < -0.4 is 4.74 Å². The highest BCUT2D eigenvalue weighted by atomic mass is 16.5. The van der Waals surface area contributed by atoms with E-state index >= 15 is 0 Å². The van der Waals surface area contributed by atoms with Crippen LogP contribution in [0.4, 0.5) is 0 Å². The zero-order valence-electron chi connectivity index (χ0n) is 14.1. The van der Waals surface area contributed by atoms with E-state index in [1.54, 1.807) is 12.1 Å². The van der Waals surface area contributed by atoms with Crippen LogP contribution in [0.3, 0.4) is 0 Å². The molecular formula is C19H30O3. The molecule has 0 aliphatic carbocycles. The minimum atomic E-state index is -0.244. The van der Waals surface area contributed by atoms with Crippen LogP contribution in [0.2, 0.25) is 0 Å². The number of carbonyl (C=O) groups excluding carboxylic acids is 1. The summed E-state index contributed by atoms with van der Waals surface area (Å²) in [5.74, 6) is 0.571. The highest BCUT2D eigenvalue weighted by Gasteiger charge is 2.06. The first-order valence-electron chi connectivity index (χ1n) is 8.68. The fraction of sp³-hybridized carbons (Fsp3) is 0.632. The highest BCUT2D eigenvalue weighted by molar-refractivity contribution is 5.89. The number of esters is 1. The minimum Gasteiger partial charge on any atom is -0.494 e. The van der Waals surface area contributed by atoms with Crippen molar-refractivity contribution >= 4 is 5.97 Å². The molecule has 1 aromatic carbocycles. The van der Waals surface area contributed by atoms with Gasteiger partial charge in [-0.3, -0.25) is 0 Å². The lowest BCUT2D eigenvalue weighted by Crippen LogP contribution is -2.06. The molecule has 1 rings (SSSR count). The van der Waals surface area contributed by atoms with Gasteiger partial charge >= 0.3 is 5.97 Å². The van der Waals surface area contributed by atoms with Crippen molar-refractivity contribution in [1.29, 1.82) is 0 Å². The molecule has 0 aliphatic heterocycles. The summed E-state index contributed by atoms with van der Waals surface area (Å²) >= 11 is 0. The number of rotatable bonds is 12. The average molecular weight is 306 g/mol. The monoisotopic (exact) mass is 306 g/mol. The molecule has 3 nitrogen and oxygen atoms in total. The summed E-state index contributed by atoms with van der Waals surface area (Å²) in [4.78, 5) is 11.9. The Hall–Kier alpha value is -1.51. The molecule has 124 valence electrons. The van der Waals surface area contributed by atoms with Gasteiger partial charge in [0.25, 0.3) is 0 Å². The first-order valence-corrected chi connectivity index (χ1v) is 8.68. The number of carbonyl (C=O) groups is 1. The van der Waals surface area contributed by atoms with Crippen LogP contribution >= 0.6 is 0 Å². The topological polar surface area (TPSA) is 35.5 Å². The fourth-order valence-electron chi connectivity index (χ4n) is 2.18. The van der Waals surface area contributed by atoms with Crippen molar-refractivity contribution < 1.29 is 14.3 Å². The molecule has 0 radical (unpaired) electrons. The molecular weight excluding hydrogens is 276 g/mol. The zero-order valence-corrected chi connectivity index (χ0v) is 14.1. The second kappa shape index (κ2) is 12.1. The van der Waals surface area contributed by atoms with E-state index in [-0.39, 0.29) is 5.97 Å². The maximum atomic E-state index is 11.9. The Morgan fingerprint density at radius 3 is 2.00 bits per heavy atom. The average Bonchev–Trinajstić information content (AvgIpc) is 2.55. The number of ether oxygens (including phenoxy) is 2. The second-order valence-electron chi connectivity index (χ2n) is 5.63. The number of unbranched alkanes of at least 4 members (excludes halogenated alkanes) is 6. The van der Waals surface area contributed by atoms with E-state index in [1.807, 2.05) is 12.1 Å². The van der Waals surface area contributed by atoms with Crippen molar-refractivity contribution in [1.82, 2.24) is 0 Å². The summed E-state index contributed by atoms with van der Waals surface area (Å²) in [6, 6.07) is 7.23. The van der Waals surface area contributed by atoms with Crippen LogP contribution in [0.25, 0.3) is 0 Å². The molecule has 0 saturated heterocycles. The summed E-state index contributed by atoms with van der Waals surface area (Å²) in [6.45, 7) is 5.61. The van der Waals surface area contributed by atoms with Gasteiger partial charge < -0.3 is 9.47 Å². The molecule has 0 unspecified atom stereocenters. The predicted octanol–water partition coefficient (Wildman–Crippen LogP) is 5.38. The van der Waals surface area contributed by atoms with Gasteiger partial charge in [-0.25, -0.2) is 4.79 Å². The van der Waals surface area contributed by atoms with Crippen LogP contribution in [0.1, 0.15) is 75.6 Å². The normalized spacial score (nSPS) is 10.5. The van der Waals surface area contributed by atoms with Gasteiger partial charge in [0.2, 0.25) is 0 Å². The van der Waals surface area contributed by atoms with Crippen LogP contribution in [-0.4, -0.2) is 19.2 Å². The first-order chi connectivity index (χ1) is 10.8. The molecule has 0 saturated carbocycles. The summed E-state index contributed by atoms with van der Waals surface area (Å²) in [5.41, 5.74) is 0.592. The molecule has 0 spiro atoms. The van der Waals surface area contributed by atoms with Gasteiger partial charge in [0.05, 0.1) is 18.8 Å². The Balaban J connectivity index is 2.23. The lowest BCUT2D eigenvalue weighted by molar-refractivity contribution is 0.0498. The Bertz CT molecular complexity index is 398. The molecule has 3 heteroatoms. The van der Waals surface area contributed by atoms with Crippen molar-refractivity contribution in [3.63, 3.8) is 0 Å². The van der Waals surface area contributed by atoms with Crippen LogP contribution in [0.15, 0.2) is 24.3 Å². The van der Waals surface area contributed by atoms with E-state index in [0.717, 1.165) is 31.6 Å². The van der Waals surface area contributed by atoms with E-state index < -0.39 is 0 Å². The van der Waals surface area contributed by atoms with E-state index in [1.165, 1.54) is 32.1 Å². The summed E-state index contributed by atoms with van der Waals surface area (Å²) in [6.07, 6.45) is 9.22. The molecule has 0 bridgehead atoms. The van der Waals surface area contributed by atoms with Crippen LogP contribution in [0, 0.1) is 0 Å². The van der Waals surface area contributed by atoms with Gasteiger partial charge in [0.1, 0.15) is 5.75 Å². The van der Waals surface area contributed by atoms with Gasteiger partial charge in [0, 0.05) is 0 Å². The Kier molecular flexibility index (Phi) is 10.2. The Labute approximate surface area is 135 Å². The second-order valence-corrected chi connectivity index (χ2v) is 5.63. The number of hydrogen-bond acceptors (Lipinski definition) is 3. The number of hydrogen-bond donors (Lipinski definition) is 0. The third-order valence-electron chi connectivity index (χ3n) is 3.59. The lowest BCUT2D eigenvalue weighted by Gasteiger charge is -2.07. The SMILES string of the molecule is CCCCCCOC(=O)c1ccc(OCCCCCC)cc1. The number of benzene rings is 1. The molecule has 0 aliphatic rings. The molecule has 0 aromatic heterocycles. The molecule has 22 heavy (non-hydrogen) atoms. The molecule has 0 N–H and O–H groups in total. The molecule has 0 fully saturated rings. The first kappa shape index (κ1) is 18.5. The lowest BCUT2D eigenvalue weighted by atomic mass is 10.2. The fourth-order valence-corrected chi connectivity index (χ4v) is 2.18. The van der Waals surface area contributed by atoms with Gasteiger partial charge in [0.15, 0.2) is 0 Å². The van der Waals surface area contributed by atoms with Gasteiger partial charge in [-0.05, 0) is 37.1 Å². The van der Waals surface area contributed by atoms with Gasteiger partial charge in [-0.1, -0.05) is 52.4 Å². The van der Waals surface area contributed by atoms with Crippen molar-refractivity contribution in [2.75, 3.05) is 13.2 Å². The third-order valence-corrected chi connectivity index (χ3v) is 3.59. The maximum absolute atomic E-state index is 11.9. The summed E-state index contributed by atoms with van der Waals surface area (Å²) in [5, 5.41) is 0. The van der Waals surface area contributed by atoms with Gasteiger partial charge in [-0.15, -0.1) is 0 Å². The minimum absolute atomic E-state index is 0.244.